The molecule has 2 atom stereocenters. The Hall–Kier alpha value is -3.04. The van der Waals surface area contributed by atoms with Crippen LogP contribution < -0.4 is 11.1 Å². The molecule has 1 amide bonds. The van der Waals surface area contributed by atoms with Gasteiger partial charge in [0.1, 0.15) is 22.8 Å². The fourth-order valence-electron chi connectivity index (χ4n) is 5.49. The number of aromatic nitrogens is 4. The third-order valence-corrected chi connectivity index (χ3v) is 7.29. The van der Waals surface area contributed by atoms with E-state index in [-0.39, 0.29) is 28.6 Å². The van der Waals surface area contributed by atoms with E-state index >= 15 is 0 Å². The van der Waals surface area contributed by atoms with Crippen molar-refractivity contribution in [3.63, 3.8) is 0 Å². The summed E-state index contributed by atoms with van der Waals surface area (Å²) in [5.74, 6) is -0.0769. The van der Waals surface area contributed by atoms with Gasteiger partial charge in [-0.15, -0.1) is 0 Å². The van der Waals surface area contributed by atoms with E-state index in [0.29, 0.717) is 35.5 Å². The van der Waals surface area contributed by atoms with Crippen molar-refractivity contribution in [1.82, 2.24) is 20.0 Å². The molecule has 172 valence electrons. The highest BCUT2D eigenvalue weighted by atomic mass is 35.5. The summed E-state index contributed by atoms with van der Waals surface area (Å²) in [6.07, 6.45) is 4.39. The van der Waals surface area contributed by atoms with Crippen molar-refractivity contribution in [3.05, 3.63) is 64.3 Å². The second-order valence-corrected chi connectivity index (χ2v) is 9.50. The minimum absolute atomic E-state index is 0.0486. The molecule has 2 heterocycles. The molecule has 3 aromatic rings. The largest absolute Gasteiger partial charge is 0.383 e. The molecule has 0 bridgehead atoms. The first kappa shape index (κ1) is 21.8. The van der Waals surface area contributed by atoms with Gasteiger partial charge < -0.3 is 16.2 Å². The summed E-state index contributed by atoms with van der Waals surface area (Å²) in [4.78, 5) is 13.1. The van der Waals surface area contributed by atoms with Crippen molar-refractivity contribution < 1.29 is 14.3 Å². The molecule has 2 unspecified atom stereocenters. The molecular formula is C23H24ClFN6O2. The Morgan fingerprint density at radius 3 is 2.67 bits per heavy atom. The van der Waals surface area contributed by atoms with Gasteiger partial charge in [0.15, 0.2) is 0 Å². The predicted molar refractivity (Wildman–Crippen MR) is 121 cm³/mol. The van der Waals surface area contributed by atoms with Gasteiger partial charge in [0.25, 0.3) is 5.91 Å². The van der Waals surface area contributed by atoms with Crippen LogP contribution in [-0.4, -0.2) is 31.0 Å². The molecule has 2 saturated carbocycles. The number of anilines is 2. The number of amides is 1. The Morgan fingerprint density at radius 1 is 1.30 bits per heavy atom. The van der Waals surface area contributed by atoms with Gasteiger partial charge in [0.05, 0.1) is 16.4 Å². The summed E-state index contributed by atoms with van der Waals surface area (Å²) in [6, 6.07) is 7.59. The Labute approximate surface area is 195 Å². The van der Waals surface area contributed by atoms with Gasteiger partial charge in [-0.1, -0.05) is 11.6 Å². The number of halogens is 2. The van der Waals surface area contributed by atoms with Crippen LogP contribution >= 0.6 is 11.6 Å². The number of hydrogen-bond donors (Lipinski definition) is 3. The minimum atomic E-state index is -0.972. The molecule has 2 aromatic heterocycles. The van der Waals surface area contributed by atoms with Gasteiger partial charge in [0.2, 0.25) is 0 Å². The number of carbonyl (C=O) groups is 1. The zero-order valence-corrected chi connectivity index (χ0v) is 18.8. The van der Waals surface area contributed by atoms with Gasteiger partial charge in [-0.25, -0.2) is 4.39 Å². The lowest BCUT2D eigenvalue weighted by molar-refractivity contribution is 0.0292. The number of hydrogen-bond acceptors (Lipinski definition) is 6. The Balaban J connectivity index is 1.36. The number of aryl methyl sites for hydroxylation is 1. The maximum absolute atomic E-state index is 13.5. The molecule has 4 N–H and O–H groups in total. The van der Waals surface area contributed by atoms with Gasteiger partial charge in [-0.05, 0) is 67.9 Å². The molecule has 0 saturated heterocycles. The standard InChI is InChI=1S/C23H24ClFN6O2/c1-31-21(26)19(22(32)28-15-4-5-17(25)16(24)9-15)20(30-31)12-7-13-10-23(33,11-14(13)8-12)18-3-2-6-27-29-18/h2-6,9,12-14,33H,7-8,10-11,26H2,1H3,(H,28,32). The average Bonchev–Trinajstić information content (AvgIpc) is 3.41. The monoisotopic (exact) mass is 470 g/mol. The maximum atomic E-state index is 13.5. The van der Waals surface area contributed by atoms with Crippen molar-refractivity contribution in [2.75, 3.05) is 11.1 Å². The normalized spacial score (nSPS) is 26.4. The van der Waals surface area contributed by atoms with E-state index in [4.69, 9.17) is 17.3 Å². The zero-order chi connectivity index (χ0) is 23.3. The summed E-state index contributed by atoms with van der Waals surface area (Å²) in [5.41, 5.74) is 7.20. The van der Waals surface area contributed by atoms with Crippen LogP contribution in [0.15, 0.2) is 36.5 Å². The van der Waals surface area contributed by atoms with Gasteiger partial charge in [-0.3, -0.25) is 9.48 Å². The molecule has 2 aliphatic rings. The second kappa shape index (κ2) is 8.07. The minimum Gasteiger partial charge on any atom is -0.383 e. The molecule has 5 rings (SSSR count). The molecule has 10 heteroatoms. The topological polar surface area (TPSA) is 119 Å². The van der Waals surface area contributed by atoms with Gasteiger partial charge in [0, 0.05) is 24.8 Å². The number of fused-ring (bicyclic) bond motifs is 1. The first-order chi connectivity index (χ1) is 15.7. The van der Waals surface area contributed by atoms with Crippen LogP contribution in [-0.2, 0) is 12.6 Å². The smallest absolute Gasteiger partial charge is 0.261 e. The number of nitrogens with zero attached hydrogens (tertiary/aromatic N) is 4. The number of aliphatic hydroxyl groups is 1. The lowest BCUT2D eigenvalue weighted by atomic mass is 9.89. The number of benzene rings is 1. The first-order valence-corrected chi connectivity index (χ1v) is 11.2. The molecule has 8 nitrogen and oxygen atoms in total. The molecule has 0 radical (unpaired) electrons. The van der Waals surface area contributed by atoms with E-state index in [1.54, 1.807) is 19.3 Å². The van der Waals surface area contributed by atoms with E-state index in [1.165, 1.54) is 22.9 Å². The summed E-state index contributed by atoms with van der Waals surface area (Å²) < 4.78 is 15.0. The van der Waals surface area contributed by atoms with Crippen molar-refractivity contribution in [2.24, 2.45) is 18.9 Å². The van der Waals surface area contributed by atoms with Crippen LogP contribution in [0.5, 0.6) is 0 Å². The van der Waals surface area contributed by atoms with Crippen LogP contribution in [0, 0.1) is 17.7 Å². The van der Waals surface area contributed by atoms with Crippen molar-refractivity contribution in [1.29, 1.82) is 0 Å². The van der Waals surface area contributed by atoms with Crippen molar-refractivity contribution in [2.45, 2.75) is 37.2 Å². The lowest BCUT2D eigenvalue weighted by Crippen LogP contribution is -2.25. The third-order valence-electron chi connectivity index (χ3n) is 7.00. The zero-order valence-electron chi connectivity index (χ0n) is 18.0. The van der Waals surface area contributed by atoms with Gasteiger partial charge >= 0.3 is 0 Å². The van der Waals surface area contributed by atoms with E-state index < -0.39 is 17.3 Å². The van der Waals surface area contributed by atoms with Gasteiger partial charge in [-0.2, -0.15) is 15.3 Å². The molecule has 2 fully saturated rings. The lowest BCUT2D eigenvalue weighted by Gasteiger charge is -2.23. The van der Waals surface area contributed by atoms with E-state index in [0.717, 1.165) is 12.8 Å². The summed E-state index contributed by atoms with van der Waals surface area (Å²) in [7, 11) is 1.70. The van der Waals surface area contributed by atoms with Crippen LogP contribution in [0.4, 0.5) is 15.9 Å². The molecular weight excluding hydrogens is 447 g/mol. The van der Waals surface area contributed by atoms with E-state index in [9.17, 15) is 14.3 Å². The molecule has 0 aliphatic heterocycles. The highest BCUT2D eigenvalue weighted by Gasteiger charge is 2.51. The second-order valence-electron chi connectivity index (χ2n) is 9.09. The molecule has 0 spiro atoms. The van der Waals surface area contributed by atoms with Crippen LogP contribution in [0.25, 0.3) is 0 Å². The first-order valence-electron chi connectivity index (χ1n) is 10.8. The molecule has 2 aliphatic carbocycles. The Bertz CT molecular complexity index is 1200. The van der Waals surface area contributed by atoms with Crippen LogP contribution in [0.1, 0.15) is 53.3 Å². The number of nitrogens with one attached hydrogen (secondary N) is 1. The van der Waals surface area contributed by atoms with E-state index in [1.807, 2.05) is 6.07 Å². The molecule has 33 heavy (non-hydrogen) atoms. The number of carbonyl (C=O) groups excluding carboxylic acids is 1. The van der Waals surface area contributed by atoms with E-state index in [2.05, 4.69) is 20.6 Å². The predicted octanol–water partition coefficient (Wildman–Crippen LogP) is 3.63. The maximum Gasteiger partial charge on any atom is 0.261 e. The molecule has 1 aromatic carbocycles. The Kier molecular flexibility index (Phi) is 5.33. The number of nitrogens with two attached hydrogens (primary N) is 1. The fraction of sp³-hybridized carbons (Fsp3) is 0.391. The van der Waals surface area contributed by atoms with Crippen molar-refractivity contribution in [3.8, 4) is 0 Å². The highest BCUT2D eigenvalue weighted by Crippen LogP contribution is 2.56. The number of nitrogen functional groups attached to an aromatic ring is 1. The quantitative estimate of drug-likeness (QED) is 0.535. The van der Waals surface area contributed by atoms with Crippen LogP contribution in [0.2, 0.25) is 5.02 Å². The highest BCUT2D eigenvalue weighted by molar-refractivity contribution is 6.31. The summed E-state index contributed by atoms with van der Waals surface area (Å²) in [5, 5.41) is 26.5. The number of rotatable bonds is 4. The fourth-order valence-corrected chi connectivity index (χ4v) is 5.67. The Morgan fingerprint density at radius 2 is 2.03 bits per heavy atom. The van der Waals surface area contributed by atoms with Crippen LogP contribution in [0.3, 0.4) is 0 Å². The average molecular weight is 471 g/mol. The SMILES string of the molecule is Cn1nc(C2CC3CC(O)(c4cccnn4)CC3C2)c(C(=O)Nc2ccc(F)c(Cl)c2)c1N. The third kappa shape index (κ3) is 3.85. The summed E-state index contributed by atoms with van der Waals surface area (Å²) >= 11 is 5.84. The van der Waals surface area contributed by atoms with Crippen molar-refractivity contribution >= 4 is 29.0 Å². The summed E-state index contributed by atoms with van der Waals surface area (Å²) in [6.45, 7) is 0.